The first-order chi connectivity index (χ1) is 19.8. The summed E-state index contributed by atoms with van der Waals surface area (Å²) in [7, 11) is 0. The highest BCUT2D eigenvalue weighted by Crippen LogP contribution is 2.39. The lowest BCUT2D eigenvalue weighted by molar-refractivity contribution is 0.313. The van der Waals surface area contributed by atoms with E-state index in [2.05, 4.69) is 59.1 Å². The van der Waals surface area contributed by atoms with Gasteiger partial charge in [-0.3, -0.25) is 9.30 Å². The highest BCUT2D eigenvalue weighted by molar-refractivity contribution is 5.87. The zero-order valence-corrected chi connectivity index (χ0v) is 23.9. The standard InChI is InChI=1S/C32H39FN8/c1-4-12-32(35,5-2)25-7-9-29(39-27(25)19-40-13-11-22(34)18-40)38-26-8-6-23(24-16-36-20(3)31(24)26)28-17-37-30-15-21(33)10-14-41(28)30/h6-10,14-15,17,22,36H,3-5,11-13,16,18-19,34-35H2,1-2H3,(H,38,39). The van der Waals surface area contributed by atoms with Crippen LogP contribution in [0.15, 0.2) is 55.4 Å². The van der Waals surface area contributed by atoms with Crippen molar-refractivity contribution in [3.63, 3.8) is 0 Å². The van der Waals surface area contributed by atoms with Crippen LogP contribution in [0.3, 0.4) is 0 Å². The summed E-state index contributed by atoms with van der Waals surface area (Å²) in [5.41, 5.74) is 21.3. The number of aromatic nitrogens is 3. The Hall–Kier alpha value is -3.79. The number of pyridine rings is 2. The summed E-state index contributed by atoms with van der Waals surface area (Å²) in [5.74, 6) is 0.461. The Kier molecular flexibility index (Phi) is 7.27. The van der Waals surface area contributed by atoms with Gasteiger partial charge in [-0.15, -0.1) is 0 Å². The number of rotatable bonds is 9. The van der Waals surface area contributed by atoms with E-state index < -0.39 is 5.54 Å². The molecule has 214 valence electrons. The van der Waals surface area contributed by atoms with Crippen LogP contribution < -0.4 is 22.1 Å². The zero-order chi connectivity index (χ0) is 28.7. The molecule has 9 heteroatoms. The number of benzene rings is 1. The smallest absolute Gasteiger partial charge is 0.140 e. The van der Waals surface area contributed by atoms with Crippen molar-refractivity contribution < 1.29 is 4.39 Å². The van der Waals surface area contributed by atoms with E-state index in [0.717, 1.165) is 96.2 Å². The number of hydrogen-bond acceptors (Lipinski definition) is 7. The van der Waals surface area contributed by atoms with E-state index in [1.54, 1.807) is 12.4 Å². The van der Waals surface area contributed by atoms with E-state index in [9.17, 15) is 4.39 Å². The van der Waals surface area contributed by atoms with E-state index in [0.29, 0.717) is 12.2 Å². The Morgan fingerprint density at radius 1 is 1.22 bits per heavy atom. The van der Waals surface area contributed by atoms with E-state index in [1.165, 1.54) is 12.1 Å². The predicted molar refractivity (Wildman–Crippen MR) is 163 cm³/mol. The Bertz CT molecular complexity index is 1610. The second-order valence-electron chi connectivity index (χ2n) is 11.4. The number of imidazole rings is 1. The van der Waals surface area contributed by atoms with Gasteiger partial charge < -0.3 is 22.1 Å². The first-order valence-corrected chi connectivity index (χ1v) is 14.6. The van der Waals surface area contributed by atoms with Gasteiger partial charge in [0.15, 0.2) is 0 Å². The number of anilines is 2. The molecule has 41 heavy (non-hydrogen) atoms. The Morgan fingerprint density at radius 2 is 2.07 bits per heavy atom. The number of fused-ring (bicyclic) bond motifs is 2. The van der Waals surface area contributed by atoms with E-state index >= 15 is 0 Å². The minimum Gasteiger partial charge on any atom is -0.381 e. The molecule has 0 radical (unpaired) electrons. The fourth-order valence-electron chi connectivity index (χ4n) is 6.41. The molecule has 3 aromatic heterocycles. The van der Waals surface area contributed by atoms with Crippen molar-refractivity contribution in [3.8, 4) is 11.3 Å². The SMILES string of the molecule is C=C1NCc2c(-c3cnc4cc(F)ccn34)ccc(Nc3ccc(C(N)(CC)CCC)c(CN4CCC(N)C4)n3)c21. The summed E-state index contributed by atoms with van der Waals surface area (Å²) in [4.78, 5) is 12.0. The molecule has 8 nitrogen and oxygen atoms in total. The van der Waals surface area contributed by atoms with Gasteiger partial charge >= 0.3 is 0 Å². The predicted octanol–water partition coefficient (Wildman–Crippen LogP) is 5.25. The van der Waals surface area contributed by atoms with Crippen molar-refractivity contribution in [1.82, 2.24) is 24.6 Å². The molecule has 0 saturated carbocycles. The van der Waals surface area contributed by atoms with Crippen molar-refractivity contribution >= 4 is 22.8 Å². The molecule has 6 N–H and O–H groups in total. The van der Waals surface area contributed by atoms with Gasteiger partial charge in [-0.2, -0.15) is 0 Å². The number of nitrogens with zero attached hydrogens (tertiary/aromatic N) is 4. The average molecular weight is 555 g/mol. The minimum absolute atomic E-state index is 0.204. The lowest BCUT2D eigenvalue weighted by atomic mass is 9.83. The molecule has 1 aromatic carbocycles. The van der Waals surface area contributed by atoms with Crippen LogP contribution in [0.4, 0.5) is 15.9 Å². The first-order valence-electron chi connectivity index (χ1n) is 14.6. The Labute approximate surface area is 240 Å². The number of likely N-dealkylation sites (tertiary alicyclic amines) is 1. The molecule has 5 heterocycles. The van der Waals surface area contributed by atoms with E-state index in [-0.39, 0.29) is 11.9 Å². The molecular weight excluding hydrogens is 515 g/mol. The molecule has 0 amide bonds. The number of nitrogens with one attached hydrogen (secondary N) is 2. The maximum Gasteiger partial charge on any atom is 0.140 e. The lowest BCUT2D eigenvalue weighted by Crippen LogP contribution is -2.38. The monoisotopic (exact) mass is 554 g/mol. The van der Waals surface area contributed by atoms with Gasteiger partial charge in [-0.25, -0.2) is 14.4 Å². The largest absolute Gasteiger partial charge is 0.381 e. The van der Waals surface area contributed by atoms with Gasteiger partial charge in [0, 0.05) is 72.5 Å². The minimum atomic E-state index is -0.421. The Balaban J connectivity index is 1.37. The zero-order valence-electron chi connectivity index (χ0n) is 23.9. The van der Waals surface area contributed by atoms with E-state index in [1.807, 2.05) is 10.5 Å². The van der Waals surface area contributed by atoms with Crippen molar-refractivity contribution in [3.05, 3.63) is 83.6 Å². The second kappa shape index (κ2) is 10.9. The fourth-order valence-corrected chi connectivity index (χ4v) is 6.41. The maximum absolute atomic E-state index is 13.8. The van der Waals surface area contributed by atoms with Crippen LogP contribution in [0.2, 0.25) is 0 Å². The molecule has 0 bridgehead atoms. The molecular formula is C32H39FN8. The normalized spacial score (nSPS) is 18.5. The van der Waals surface area contributed by atoms with Crippen LogP contribution in [0.25, 0.3) is 22.6 Å². The van der Waals surface area contributed by atoms with Gasteiger partial charge in [0.2, 0.25) is 0 Å². The molecule has 2 unspecified atom stereocenters. The molecule has 1 saturated heterocycles. The molecule has 1 fully saturated rings. The van der Waals surface area contributed by atoms with Gasteiger partial charge in [-0.1, -0.05) is 39.0 Å². The third-order valence-corrected chi connectivity index (χ3v) is 8.63. The average Bonchev–Trinajstić information content (AvgIpc) is 3.67. The van der Waals surface area contributed by atoms with E-state index in [4.69, 9.17) is 16.5 Å². The van der Waals surface area contributed by atoms with Crippen LogP contribution in [0.5, 0.6) is 0 Å². The Morgan fingerprint density at radius 3 is 2.83 bits per heavy atom. The quantitative estimate of drug-likeness (QED) is 0.224. The van der Waals surface area contributed by atoms with Crippen LogP contribution in [0.1, 0.15) is 61.9 Å². The summed E-state index contributed by atoms with van der Waals surface area (Å²) >= 11 is 0. The van der Waals surface area contributed by atoms with Crippen molar-refractivity contribution in [2.75, 3.05) is 18.4 Å². The molecule has 2 aliphatic rings. The number of halogens is 1. The number of hydrogen-bond donors (Lipinski definition) is 4. The second-order valence-corrected chi connectivity index (χ2v) is 11.4. The van der Waals surface area contributed by atoms with Crippen LogP contribution in [-0.4, -0.2) is 38.4 Å². The maximum atomic E-state index is 13.8. The molecule has 0 spiro atoms. The van der Waals surface area contributed by atoms with Crippen molar-refractivity contribution in [2.24, 2.45) is 11.5 Å². The first kappa shape index (κ1) is 27.4. The molecule has 0 aliphatic carbocycles. The highest BCUT2D eigenvalue weighted by atomic mass is 19.1. The summed E-state index contributed by atoms with van der Waals surface area (Å²) < 4.78 is 15.7. The molecule has 2 aliphatic heterocycles. The van der Waals surface area contributed by atoms with Crippen LogP contribution in [-0.2, 0) is 18.6 Å². The molecule has 2 atom stereocenters. The highest BCUT2D eigenvalue weighted by Gasteiger charge is 2.30. The third-order valence-electron chi connectivity index (χ3n) is 8.63. The van der Waals surface area contributed by atoms with Crippen LogP contribution in [0, 0.1) is 5.82 Å². The molecule has 6 rings (SSSR count). The van der Waals surface area contributed by atoms with Crippen molar-refractivity contribution in [2.45, 2.75) is 64.2 Å². The summed E-state index contributed by atoms with van der Waals surface area (Å²) in [6.07, 6.45) is 7.26. The fraction of sp³-hybridized carbons (Fsp3) is 0.375. The molecule has 4 aromatic rings. The topological polar surface area (TPSA) is 110 Å². The summed E-state index contributed by atoms with van der Waals surface area (Å²) in [6.45, 7) is 11.8. The summed E-state index contributed by atoms with van der Waals surface area (Å²) in [6, 6.07) is 11.4. The third kappa shape index (κ3) is 5.09. The van der Waals surface area contributed by atoms with Gasteiger partial charge in [0.1, 0.15) is 17.3 Å². The van der Waals surface area contributed by atoms with Gasteiger partial charge in [0.05, 0.1) is 17.6 Å². The van der Waals surface area contributed by atoms with Gasteiger partial charge in [-0.05, 0) is 48.6 Å². The van der Waals surface area contributed by atoms with Gasteiger partial charge in [0.25, 0.3) is 0 Å². The summed E-state index contributed by atoms with van der Waals surface area (Å²) in [5, 5.41) is 6.99. The van der Waals surface area contributed by atoms with Crippen LogP contribution >= 0.6 is 0 Å². The number of nitrogens with two attached hydrogens (primary N) is 2. The lowest BCUT2D eigenvalue weighted by Gasteiger charge is -2.31. The van der Waals surface area contributed by atoms with Crippen molar-refractivity contribution in [1.29, 1.82) is 0 Å².